The van der Waals surface area contributed by atoms with Crippen molar-refractivity contribution in [1.29, 1.82) is 0 Å². The van der Waals surface area contributed by atoms with Gasteiger partial charge in [0.2, 0.25) is 9.84 Å². The van der Waals surface area contributed by atoms with Gasteiger partial charge in [-0.1, -0.05) is 0 Å². The maximum Gasteiger partial charge on any atom is 0.316 e. The van der Waals surface area contributed by atoms with Crippen LogP contribution in [0.4, 0.5) is 5.69 Å². The van der Waals surface area contributed by atoms with Crippen LogP contribution in [0.25, 0.3) is 11.1 Å². The Morgan fingerprint density at radius 1 is 1.38 bits per heavy atom. The highest BCUT2D eigenvalue weighted by atomic mass is 32.2. The van der Waals surface area contributed by atoms with Gasteiger partial charge in [0.15, 0.2) is 5.58 Å². The second-order valence-corrected chi connectivity index (χ2v) is 6.72. The van der Waals surface area contributed by atoms with Crippen LogP contribution in [-0.4, -0.2) is 28.7 Å². The Bertz CT molecular complexity index is 895. The van der Waals surface area contributed by atoms with Crippen molar-refractivity contribution in [1.82, 2.24) is 14.5 Å². The van der Waals surface area contributed by atoms with E-state index < -0.39 is 9.84 Å². The molecule has 0 unspecified atom stereocenters. The SMILES string of the molecule is Cn1ccnc1CCS(=O)(=O)c1nc2ccc(N)cc2o1. The zero-order valence-electron chi connectivity index (χ0n) is 11.4. The summed E-state index contributed by atoms with van der Waals surface area (Å²) < 4.78 is 31.6. The van der Waals surface area contributed by atoms with Crippen LogP contribution in [0.1, 0.15) is 5.82 Å². The van der Waals surface area contributed by atoms with Crippen LogP contribution >= 0.6 is 0 Å². The number of nitrogen functional groups attached to an aromatic ring is 1. The molecular formula is C13H14N4O3S. The summed E-state index contributed by atoms with van der Waals surface area (Å²) in [6.45, 7) is 0. The highest BCUT2D eigenvalue weighted by Crippen LogP contribution is 2.22. The van der Waals surface area contributed by atoms with E-state index in [1.54, 1.807) is 35.2 Å². The lowest BCUT2D eigenvalue weighted by molar-refractivity contribution is 0.458. The third-order valence-corrected chi connectivity index (χ3v) is 4.62. The van der Waals surface area contributed by atoms with E-state index in [4.69, 9.17) is 10.2 Å². The molecule has 0 saturated carbocycles. The summed E-state index contributed by atoms with van der Waals surface area (Å²) in [5, 5.41) is -0.280. The number of anilines is 1. The standard InChI is InChI=1S/C13H14N4O3S/c1-17-6-5-15-12(17)4-7-21(18,19)13-16-10-3-2-9(14)8-11(10)20-13/h2-3,5-6,8H,4,7,14H2,1H3. The Balaban J connectivity index is 1.87. The first-order chi connectivity index (χ1) is 9.95. The molecule has 0 aliphatic carbocycles. The fourth-order valence-corrected chi connectivity index (χ4v) is 3.08. The largest absolute Gasteiger partial charge is 0.428 e. The van der Waals surface area contributed by atoms with Gasteiger partial charge in [-0.05, 0) is 12.1 Å². The fraction of sp³-hybridized carbons (Fsp3) is 0.231. The summed E-state index contributed by atoms with van der Waals surface area (Å²) in [7, 11) is -1.78. The molecule has 0 radical (unpaired) electrons. The van der Waals surface area contributed by atoms with E-state index in [2.05, 4.69) is 9.97 Å². The summed E-state index contributed by atoms with van der Waals surface area (Å²) in [6.07, 6.45) is 3.70. The minimum atomic E-state index is -3.60. The van der Waals surface area contributed by atoms with Gasteiger partial charge in [-0.2, -0.15) is 4.98 Å². The molecule has 2 aromatic heterocycles. The molecule has 2 N–H and O–H groups in total. The number of nitrogens with zero attached hydrogens (tertiary/aromatic N) is 3. The number of hydrogen-bond donors (Lipinski definition) is 1. The van der Waals surface area contributed by atoms with Crippen LogP contribution in [0, 0.1) is 0 Å². The van der Waals surface area contributed by atoms with Crippen molar-refractivity contribution < 1.29 is 12.8 Å². The quantitative estimate of drug-likeness (QED) is 0.725. The normalized spacial score (nSPS) is 12.0. The van der Waals surface area contributed by atoms with Gasteiger partial charge in [-0.15, -0.1) is 0 Å². The second kappa shape index (κ2) is 4.88. The Morgan fingerprint density at radius 3 is 2.90 bits per heavy atom. The van der Waals surface area contributed by atoms with Gasteiger partial charge in [0.1, 0.15) is 11.3 Å². The fourth-order valence-electron chi connectivity index (χ4n) is 2.00. The first-order valence-corrected chi connectivity index (χ1v) is 7.96. The van der Waals surface area contributed by atoms with Crippen LogP contribution in [-0.2, 0) is 23.3 Å². The number of oxazole rings is 1. The Labute approximate surface area is 121 Å². The molecule has 0 bridgehead atoms. The molecule has 3 aromatic rings. The van der Waals surface area contributed by atoms with E-state index in [-0.39, 0.29) is 11.0 Å². The van der Waals surface area contributed by atoms with E-state index in [1.807, 2.05) is 7.05 Å². The Morgan fingerprint density at radius 2 is 2.19 bits per heavy atom. The van der Waals surface area contributed by atoms with Crippen LogP contribution in [0.15, 0.2) is 40.2 Å². The molecule has 2 heterocycles. The lowest BCUT2D eigenvalue weighted by atomic mass is 10.3. The lowest BCUT2D eigenvalue weighted by Crippen LogP contribution is -2.12. The molecule has 21 heavy (non-hydrogen) atoms. The predicted molar refractivity (Wildman–Crippen MR) is 77.4 cm³/mol. The smallest absolute Gasteiger partial charge is 0.316 e. The third-order valence-electron chi connectivity index (χ3n) is 3.17. The number of rotatable bonds is 4. The number of imidazole rings is 1. The van der Waals surface area contributed by atoms with Crippen molar-refractivity contribution in [3.05, 3.63) is 36.4 Å². The molecule has 0 atom stereocenters. The van der Waals surface area contributed by atoms with Crippen molar-refractivity contribution in [2.75, 3.05) is 11.5 Å². The van der Waals surface area contributed by atoms with E-state index in [9.17, 15) is 8.42 Å². The average Bonchev–Trinajstić information content (AvgIpc) is 3.02. The van der Waals surface area contributed by atoms with Gasteiger partial charge in [0.05, 0.1) is 5.75 Å². The molecule has 0 aliphatic rings. The number of nitrogens with two attached hydrogens (primary N) is 1. The molecule has 1 aromatic carbocycles. The van der Waals surface area contributed by atoms with Crippen molar-refractivity contribution in [3.8, 4) is 0 Å². The van der Waals surface area contributed by atoms with Crippen LogP contribution in [0.2, 0.25) is 0 Å². The molecule has 7 nitrogen and oxygen atoms in total. The van der Waals surface area contributed by atoms with E-state index in [1.165, 1.54) is 0 Å². The number of hydrogen-bond acceptors (Lipinski definition) is 6. The van der Waals surface area contributed by atoms with Gasteiger partial charge in [-0.25, -0.2) is 13.4 Å². The first kappa shape index (κ1) is 13.6. The molecule has 0 amide bonds. The average molecular weight is 306 g/mol. The van der Waals surface area contributed by atoms with Crippen LogP contribution < -0.4 is 5.73 Å². The van der Waals surface area contributed by atoms with Crippen LogP contribution in [0.5, 0.6) is 0 Å². The number of benzene rings is 1. The maximum atomic E-state index is 12.3. The van der Waals surface area contributed by atoms with E-state index >= 15 is 0 Å². The maximum absolute atomic E-state index is 12.3. The number of sulfone groups is 1. The third kappa shape index (κ3) is 2.62. The van der Waals surface area contributed by atoms with Crippen LogP contribution in [0.3, 0.4) is 0 Å². The highest BCUT2D eigenvalue weighted by Gasteiger charge is 2.22. The summed E-state index contributed by atoms with van der Waals surface area (Å²) in [5.41, 5.74) is 6.97. The van der Waals surface area contributed by atoms with Crippen molar-refractivity contribution in [3.63, 3.8) is 0 Å². The monoisotopic (exact) mass is 306 g/mol. The van der Waals surface area contributed by atoms with Crippen molar-refractivity contribution >= 4 is 26.6 Å². The van der Waals surface area contributed by atoms with Gasteiger partial charge in [0.25, 0.3) is 0 Å². The molecule has 110 valence electrons. The Hall–Kier alpha value is -2.35. The zero-order valence-corrected chi connectivity index (χ0v) is 12.2. The summed E-state index contributed by atoms with van der Waals surface area (Å²) in [5.74, 6) is 0.582. The summed E-state index contributed by atoms with van der Waals surface area (Å²) in [6, 6.07) is 4.83. The van der Waals surface area contributed by atoms with Crippen molar-refractivity contribution in [2.24, 2.45) is 7.05 Å². The molecule has 3 rings (SSSR count). The molecule has 0 fully saturated rings. The predicted octanol–water partition coefficient (Wildman–Crippen LogP) is 1.16. The summed E-state index contributed by atoms with van der Waals surface area (Å²) in [4.78, 5) is 8.11. The van der Waals surface area contributed by atoms with E-state index in [0.29, 0.717) is 29.0 Å². The van der Waals surface area contributed by atoms with Crippen molar-refractivity contribution in [2.45, 2.75) is 11.6 Å². The minimum absolute atomic E-state index is 0.111. The van der Waals surface area contributed by atoms with Gasteiger partial charge in [-0.3, -0.25) is 0 Å². The Kier molecular flexibility index (Phi) is 3.17. The second-order valence-electron chi connectivity index (χ2n) is 4.73. The molecule has 0 spiro atoms. The lowest BCUT2D eigenvalue weighted by Gasteiger charge is -2.01. The van der Waals surface area contributed by atoms with Gasteiger partial charge < -0.3 is 14.7 Å². The zero-order chi connectivity index (χ0) is 15.0. The molecule has 0 aliphatic heterocycles. The minimum Gasteiger partial charge on any atom is -0.428 e. The van der Waals surface area contributed by atoms with E-state index in [0.717, 1.165) is 0 Å². The summed E-state index contributed by atoms with van der Waals surface area (Å²) >= 11 is 0. The highest BCUT2D eigenvalue weighted by molar-refractivity contribution is 7.91. The van der Waals surface area contributed by atoms with Gasteiger partial charge in [0, 0.05) is 37.6 Å². The molecular weight excluding hydrogens is 292 g/mol. The molecule has 0 saturated heterocycles. The first-order valence-electron chi connectivity index (χ1n) is 6.31. The number of fused-ring (bicyclic) bond motifs is 1. The topological polar surface area (TPSA) is 104 Å². The number of aryl methyl sites for hydroxylation is 2. The molecule has 8 heteroatoms. The number of aromatic nitrogens is 3. The van der Waals surface area contributed by atoms with Gasteiger partial charge >= 0.3 is 5.22 Å².